The Bertz CT molecular complexity index is 942. The molecule has 0 fully saturated rings. The molecule has 0 bridgehead atoms. The Morgan fingerprint density at radius 3 is 2.74 bits per heavy atom. The summed E-state index contributed by atoms with van der Waals surface area (Å²) >= 11 is 1.31. The summed E-state index contributed by atoms with van der Waals surface area (Å²) in [5.41, 5.74) is 1.90. The van der Waals surface area contributed by atoms with Gasteiger partial charge in [0.25, 0.3) is 0 Å². The summed E-state index contributed by atoms with van der Waals surface area (Å²) in [5, 5.41) is 17.8. The number of nitriles is 1. The summed E-state index contributed by atoms with van der Waals surface area (Å²) in [6.45, 7) is 2.35. The molecule has 27 heavy (non-hydrogen) atoms. The van der Waals surface area contributed by atoms with Crippen LogP contribution in [0.1, 0.15) is 12.0 Å². The second-order valence-corrected chi connectivity index (χ2v) is 6.86. The van der Waals surface area contributed by atoms with E-state index in [-0.39, 0.29) is 18.1 Å². The minimum Gasteiger partial charge on any atom is -0.461 e. The van der Waals surface area contributed by atoms with E-state index in [0.717, 1.165) is 11.3 Å². The van der Waals surface area contributed by atoms with Gasteiger partial charge in [0, 0.05) is 19.3 Å². The molecule has 2 aromatic heterocycles. The first kappa shape index (κ1) is 18.7. The van der Waals surface area contributed by atoms with E-state index < -0.39 is 0 Å². The lowest BCUT2D eigenvalue weighted by atomic mass is 10.2. The van der Waals surface area contributed by atoms with Crippen molar-refractivity contribution in [3.8, 4) is 17.7 Å². The highest BCUT2D eigenvalue weighted by molar-refractivity contribution is 7.99. The van der Waals surface area contributed by atoms with Gasteiger partial charge in [0.05, 0.1) is 24.5 Å². The van der Waals surface area contributed by atoms with Gasteiger partial charge in [-0.25, -0.2) is 0 Å². The molecule has 0 saturated heterocycles. The van der Waals surface area contributed by atoms with E-state index in [1.54, 1.807) is 21.8 Å². The van der Waals surface area contributed by atoms with Crippen LogP contribution in [0.15, 0.2) is 52.2 Å². The molecular weight excluding hydrogens is 362 g/mol. The van der Waals surface area contributed by atoms with E-state index in [1.165, 1.54) is 11.8 Å². The molecule has 0 saturated carbocycles. The number of furan rings is 1. The highest BCUT2D eigenvalue weighted by Gasteiger charge is 2.19. The second kappa shape index (κ2) is 8.56. The number of benzene rings is 1. The highest BCUT2D eigenvalue weighted by atomic mass is 32.2. The van der Waals surface area contributed by atoms with E-state index in [0.29, 0.717) is 23.3 Å². The van der Waals surface area contributed by atoms with Crippen molar-refractivity contribution in [1.29, 1.82) is 5.26 Å². The highest BCUT2D eigenvalue weighted by Crippen LogP contribution is 2.24. The van der Waals surface area contributed by atoms with Crippen LogP contribution in [-0.4, -0.2) is 33.0 Å². The molecule has 7 nitrogen and oxygen atoms in total. The summed E-state index contributed by atoms with van der Waals surface area (Å²) in [7, 11) is 1.83. The lowest BCUT2D eigenvalue weighted by molar-refractivity contribution is -0.116. The largest absolute Gasteiger partial charge is 0.461 e. The Balaban J connectivity index is 1.71. The quantitative estimate of drug-likeness (QED) is 0.583. The van der Waals surface area contributed by atoms with Gasteiger partial charge in [0.2, 0.25) is 5.91 Å². The fourth-order valence-corrected chi connectivity index (χ4v) is 3.34. The monoisotopic (exact) mass is 381 g/mol. The number of hydrogen-bond donors (Lipinski definition) is 0. The van der Waals surface area contributed by atoms with Crippen molar-refractivity contribution in [1.82, 2.24) is 14.8 Å². The Hall–Kier alpha value is -3.05. The predicted octanol–water partition coefficient (Wildman–Crippen LogP) is 3.42. The van der Waals surface area contributed by atoms with Gasteiger partial charge in [0.15, 0.2) is 16.7 Å². The van der Waals surface area contributed by atoms with Crippen LogP contribution in [0.25, 0.3) is 11.6 Å². The summed E-state index contributed by atoms with van der Waals surface area (Å²) in [4.78, 5) is 14.4. The van der Waals surface area contributed by atoms with Crippen molar-refractivity contribution in [3.63, 3.8) is 0 Å². The number of aryl methyl sites for hydroxylation is 1. The average molecular weight is 381 g/mol. The predicted molar refractivity (Wildman–Crippen MR) is 103 cm³/mol. The van der Waals surface area contributed by atoms with Gasteiger partial charge in [-0.2, -0.15) is 5.26 Å². The second-order valence-electron chi connectivity index (χ2n) is 5.92. The van der Waals surface area contributed by atoms with Crippen molar-refractivity contribution in [2.75, 3.05) is 17.2 Å². The van der Waals surface area contributed by atoms with Crippen LogP contribution >= 0.6 is 11.8 Å². The maximum Gasteiger partial charge on any atom is 0.237 e. The molecule has 0 unspecified atom stereocenters. The molecule has 8 heteroatoms. The van der Waals surface area contributed by atoms with Gasteiger partial charge in [-0.1, -0.05) is 29.5 Å². The van der Waals surface area contributed by atoms with Gasteiger partial charge in [-0.15, -0.1) is 10.2 Å². The van der Waals surface area contributed by atoms with Gasteiger partial charge in [-0.3, -0.25) is 4.79 Å². The Labute approximate surface area is 161 Å². The number of carbonyl (C=O) groups is 1. The normalized spacial score (nSPS) is 10.6. The van der Waals surface area contributed by atoms with Gasteiger partial charge in [0.1, 0.15) is 0 Å². The third-order valence-electron chi connectivity index (χ3n) is 4.00. The molecule has 1 aromatic carbocycles. The fourth-order valence-electron chi connectivity index (χ4n) is 2.55. The average Bonchev–Trinajstić information content (AvgIpc) is 3.31. The Morgan fingerprint density at radius 2 is 2.07 bits per heavy atom. The van der Waals surface area contributed by atoms with Crippen molar-refractivity contribution in [2.24, 2.45) is 7.05 Å². The molecule has 1 amide bonds. The van der Waals surface area contributed by atoms with Gasteiger partial charge >= 0.3 is 0 Å². The van der Waals surface area contributed by atoms with E-state index >= 15 is 0 Å². The summed E-state index contributed by atoms with van der Waals surface area (Å²) in [6, 6.07) is 13.4. The summed E-state index contributed by atoms with van der Waals surface area (Å²) in [6.07, 6.45) is 1.85. The first-order chi connectivity index (χ1) is 13.1. The summed E-state index contributed by atoms with van der Waals surface area (Å²) in [5.74, 6) is 1.35. The smallest absolute Gasteiger partial charge is 0.237 e. The number of carbonyl (C=O) groups excluding carboxylic acids is 1. The molecule has 0 aliphatic heterocycles. The molecule has 0 radical (unpaired) electrons. The van der Waals surface area contributed by atoms with Crippen molar-refractivity contribution < 1.29 is 9.21 Å². The van der Waals surface area contributed by atoms with E-state index in [9.17, 15) is 4.79 Å². The number of hydrogen-bond acceptors (Lipinski definition) is 6. The minimum atomic E-state index is -0.0818. The first-order valence-corrected chi connectivity index (χ1v) is 9.38. The van der Waals surface area contributed by atoms with Crippen molar-refractivity contribution >= 4 is 23.4 Å². The number of anilines is 1. The van der Waals surface area contributed by atoms with Crippen LogP contribution in [0.3, 0.4) is 0 Å². The third kappa shape index (κ3) is 4.38. The molecule has 0 aliphatic carbocycles. The van der Waals surface area contributed by atoms with Crippen molar-refractivity contribution in [2.45, 2.75) is 18.5 Å². The SMILES string of the molecule is Cc1ccc(N(CCC#N)C(=O)CSc2nnc(-c3ccco3)n2C)cc1. The first-order valence-electron chi connectivity index (χ1n) is 8.40. The fraction of sp³-hybridized carbons (Fsp3) is 0.263. The van der Waals surface area contributed by atoms with E-state index in [4.69, 9.17) is 9.68 Å². The van der Waals surface area contributed by atoms with Crippen LogP contribution in [-0.2, 0) is 11.8 Å². The van der Waals surface area contributed by atoms with Crippen LogP contribution in [0.4, 0.5) is 5.69 Å². The van der Waals surface area contributed by atoms with Crippen LogP contribution in [0, 0.1) is 18.3 Å². The third-order valence-corrected chi connectivity index (χ3v) is 5.00. The number of amides is 1. The Morgan fingerprint density at radius 1 is 1.30 bits per heavy atom. The van der Waals surface area contributed by atoms with Crippen LogP contribution in [0.5, 0.6) is 0 Å². The van der Waals surface area contributed by atoms with Gasteiger partial charge < -0.3 is 13.9 Å². The molecule has 0 aliphatic rings. The molecule has 3 aromatic rings. The number of nitrogens with zero attached hydrogens (tertiary/aromatic N) is 5. The minimum absolute atomic E-state index is 0.0818. The Kier molecular flexibility index (Phi) is 5.94. The van der Waals surface area contributed by atoms with Crippen molar-refractivity contribution in [3.05, 3.63) is 48.2 Å². The van der Waals surface area contributed by atoms with E-state index in [2.05, 4.69) is 16.3 Å². The summed E-state index contributed by atoms with van der Waals surface area (Å²) < 4.78 is 7.14. The lowest BCUT2D eigenvalue weighted by Crippen LogP contribution is -2.33. The van der Waals surface area contributed by atoms with Crippen LogP contribution < -0.4 is 4.90 Å². The zero-order valence-corrected chi connectivity index (χ0v) is 15.9. The standard InChI is InChI=1S/C19H19N5O2S/c1-14-6-8-15(9-7-14)24(11-4-10-20)17(25)13-27-19-22-21-18(23(19)2)16-5-3-12-26-16/h3,5-9,12H,4,11,13H2,1-2H3. The van der Waals surface area contributed by atoms with E-state index in [1.807, 2.05) is 44.3 Å². The topological polar surface area (TPSA) is 87.9 Å². The number of aromatic nitrogens is 3. The number of thioether (sulfide) groups is 1. The molecule has 0 N–H and O–H groups in total. The van der Waals surface area contributed by atoms with Crippen LogP contribution in [0.2, 0.25) is 0 Å². The molecule has 138 valence electrons. The molecular formula is C19H19N5O2S. The lowest BCUT2D eigenvalue weighted by Gasteiger charge is -2.21. The number of rotatable bonds is 7. The molecule has 0 atom stereocenters. The maximum atomic E-state index is 12.8. The zero-order chi connectivity index (χ0) is 19.2. The zero-order valence-electron chi connectivity index (χ0n) is 15.1. The molecule has 2 heterocycles. The van der Waals surface area contributed by atoms with Gasteiger partial charge in [-0.05, 0) is 31.2 Å². The molecule has 0 spiro atoms. The molecule has 3 rings (SSSR count). The maximum absolute atomic E-state index is 12.8.